The van der Waals surface area contributed by atoms with Crippen LogP contribution in [0.5, 0.6) is 0 Å². The molecule has 0 spiro atoms. The molecule has 0 N–H and O–H groups in total. The van der Waals surface area contributed by atoms with Crippen molar-refractivity contribution in [2.45, 2.75) is 11.8 Å². The van der Waals surface area contributed by atoms with Crippen LogP contribution in [0.15, 0.2) is 84.9 Å². The molecule has 1 aliphatic rings. The second kappa shape index (κ2) is 8.22. The third-order valence-corrected chi connectivity index (χ3v) is 5.91. The van der Waals surface area contributed by atoms with Crippen LogP contribution in [0, 0.1) is 0 Å². The van der Waals surface area contributed by atoms with Gasteiger partial charge in [0.25, 0.3) is 0 Å². The van der Waals surface area contributed by atoms with E-state index in [4.69, 9.17) is 0 Å². The summed E-state index contributed by atoms with van der Waals surface area (Å²) in [7, 11) is 4.11. The minimum Gasteiger partial charge on any atom is -0.340 e. The number of hydrogen-bond donors (Lipinski definition) is 0. The van der Waals surface area contributed by atoms with Crippen LogP contribution in [0.2, 0.25) is 0 Å². The Morgan fingerprint density at radius 2 is 1.38 bits per heavy atom. The van der Waals surface area contributed by atoms with Crippen LogP contribution >= 0.6 is 0 Å². The van der Waals surface area contributed by atoms with E-state index in [9.17, 15) is 4.79 Å². The summed E-state index contributed by atoms with van der Waals surface area (Å²) in [4.78, 5) is 18.5. The van der Waals surface area contributed by atoms with Crippen LogP contribution in [-0.2, 0) is 16.6 Å². The van der Waals surface area contributed by atoms with Gasteiger partial charge in [0.15, 0.2) is 0 Å². The van der Waals surface area contributed by atoms with Crippen LogP contribution in [0.4, 0.5) is 0 Å². The molecule has 0 aromatic heterocycles. The number of fused-ring (bicyclic) bond motifs is 1. The number of hydrogen-bond acceptors (Lipinski definition) is 2. The molecule has 0 fully saturated rings. The Bertz CT molecular complexity index is 927. The van der Waals surface area contributed by atoms with Gasteiger partial charge in [-0.15, -0.1) is 0 Å². The highest BCUT2D eigenvalue weighted by Gasteiger charge is 2.48. The van der Waals surface area contributed by atoms with Crippen molar-refractivity contribution in [3.05, 3.63) is 107 Å². The number of carbonyl (C=O) groups excluding carboxylic acids is 1. The molecule has 0 saturated heterocycles. The predicted octanol–water partition coefficient (Wildman–Crippen LogP) is 3.97. The molecular formula is C26H28N2O. The van der Waals surface area contributed by atoms with Gasteiger partial charge in [-0.1, -0.05) is 84.9 Å². The van der Waals surface area contributed by atoms with Crippen LogP contribution < -0.4 is 0 Å². The molecule has 0 saturated carbocycles. The predicted molar refractivity (Wildman–Crippen MR) is 118 cm³/mol. The molecule has 4 rings (SSSR count). The monoisotopic (exact) mass is 384 g/mol. The average molecular weight is 385 g/mol. The smallest absolute Gasteiger partial charge is 0.242 e. The quantitative estimate of drug-likeness (QED) is 0.665. The third-order valence-electron chi connectivity index (χ3n) is 5.91. The summed E-state index contributed by atoms with van der Waals surface area (Å²) in [6.07, 6.45) is 0.872. The van der Waals surface area contributed by atoms with Gasteiger partial charge in [0.1, 0.15) is 5.41 Å². The Balaban J connectivity index is 1.99. The fourth-order valence-electron chi connectivity index (χ4n) is 4.45. The summed E-state index contributed by atoms with van der Waals surface area (Å²) < 4.78 is 0. The van der Waals surface area contributed by atoms with Gasteiger partial charge >= 0.3 is 0 Å². The summed E-state index contributed by atoms with van der Waals surface area (Å²) in [5.74, 6) is 0.168. The van der Waals surface area contributed by atoms with Crippen LogP contribution in [0.1, 0.15) is 22.3 Å². The van der Waals surface area contributed by atoms with Gasteiger partial charge in [-0.3, -0.25) is 4.79 Å². The first kappa shape index (κ1) is 19.4. The molecule has 148 valence electrons. The van der Waals surface area contributed by atoms with Crippen molar-refractivity contribution in [2.75, 3.05) is 33.7 Å². The Morgan fingerprint density at radius 1 is 0.828 bits per heavy atom. The molecule has 0 aliphatic carbocycles. The molecule has 3 heteroatoms. The number of carbonyl (C=O) groups is 1. The first-order chi connectivity index (χ1) is 14.1. The number of amides is 1. The number of likely N-dealkylation sites (N-methyl/N-ethyl adjacent to an activating group) is 1. The Morgan fingerprint density at radius 3 is 1.97 bits per heavy atom. The Hall–Kier alpha value is -2.91. The molecule has 1 amide bonds. The first-order valence-electron chi connectivity index (χ1n) is 10.3. The van der Waals surface area contributed by atoms with E-state index in [2.05, 4.69) is 72.4 Å². The summed E-state index contributed by atoms with van der Waals surface area (Å²) in [6, 6.07) is 29.0. The maximum absolute atomic E-state index is 14.4. The molecule has 0 atom stereocenters. The van der Waals surface area contributed by atoms with Gasteiger partial charge in [-0.2, -0.15) is 0 Å². The van der Waals surface area contributed by atoms with Gasteiger partial charge in [-0.05, 0) is 42.8 Å². The normalized spacial score (nSPS) is 15.8. The molecule has 1 heterocycles. The molecule has 0 radical (unpaired) electrons. The van der Waals surface area contributed by atoms with E-state index >= 15 is 0 Å². The number of nitrogens with zero attached hydrogens (tertiary/aromatic N) is 2. The highest BCUT2D eigenvalue weighted by atomic mass is 16.2. The highest BCUT2D eigenvalue weighted by molar-refractivity contribution is 5.97. The third kappa shape index (κ3) is 3.47. The SMILES string of the molecule is CN(C)CCN1CCc2ccccc2C(c2ccccc2)(c2ccccc2)C1=O. The number of benzene rings is 3. The van der Waals surface area contributed by atoms with Crippen LogP contribution in [0.25, 0.3) is 0 Å². The molecular weight excluding hydrogens is 356 g/mol. The second-order valence-corrected chi connectivity index (χ2v) is 7.98. The first-order valence-corrected chi connectivity index (χ1v) is 10.3. The summed E-state index contributed by atoms with van der Waals surface area (Å²) >= 11 is 0. The van der Waals surface area contributed by atoms with Crippen molar-refractivity contribution in [2.24, 2.45) is 0 Å². The fraction of sp³-hybridized carbons (Fsp3) is 0.269. The van der Waals surface area contributed by atoms with Gasteiger partial charge in [0.05, 0.1) is 0 Å². The Kier molecular flexibility index (Phi) is 5.50. The minimum atomic E-state index is -0.831. The van der Waals surface area contributed by atoms with Crippen molar-refractivity contribution >= 4 is 5.91 Å². The lowest BCUT2D eigenvalue weighted by Gasteiger charge is -2.37. The molecule has 3 aromatic carbocycles. The van der Waals surface area contributed by atoms with E-state index in [-0.39, 0.29) is 5.91 Å². The fourth-order valence-corrected chi connectivity index (χ4v) is 4.45. The lowest BCUT2D eigenvalue weighted by molar-refractivity contribution is -0.134. The Labute approximate surface area is 173 Å². The van der Waals surface area contributed by atoms with E-state index in [1.807, 2.05) is 36.4 Å². The molecule has 3 aromatic rings. The zero-order valence-corrected chi connectivity index (χ0v) is 17.2. The van der Waals surface area contributed by atoms with E-state index in [1.165, 1.54) is 5.56 Å². The molecule has 1 aliphatic heterocycles. The van der Waals surface area contributed by atoms with Crippen molar-refractivity contribution < 1.29 is 4.79 Å². The zero-order valence-electron chi connectivity index (χ0n) is 17.2. The summed E-state index contributed by atoms with van der Waals surface area (Å²) in [5, 5.41) is 0. The zero-order chi connectivity index (χ0) is 20.3. The van der Waals surface area contributed by atoms with E-state index in [0.717, 1.165) is 42.7 Å². The van der Waals surface area contributed by atoms with Crippen molar-refractivity contribution in [3.63, 3.8) is 0 Å². The van der Waals surface area contributed by atoms with Crippen LogP contribution in [0.3, 0.4) is 0 Å². The largest absolute Gasteiger partial charge is 0.340 e. The van der Waals surface area contributed by atoms with E-state index < -0.39 is 5.41 Å². The minimum absolute atomic E-state index is 0.168. The van der Waals surface area contributed by atoms with Gasteiger partial charge in [0, 0.05) is 19.6 Å². The van der Waals surface area contributed by atoms with Crippen molar-refractivity contribution in [1.82, 2.24) is 9.80 Å². The molecule has 3 nitrogen and oxygen atoms in total. The molecule has 0 unspecified atom stereocenters. The standard InChI is InChI=1S/C26H28N2O/c1-27(2)19-20-28-18-17-21-11-9-10-16-24(21)26(25(28)29,22-12-5-3-6-13-22)23-14-7-4-8-15-23/h3-16H,17-20H2,1-2H3. The lowest BCUT2D eigenvalue weighted by Crippen LogP contribution is -2.49. The lowest BCUT2D eigenvalue weighted by atomic mass is 9.67. The number of rotatable bonds is 5. The van der Waals surface area contributed by atoms with Crippen molar-refractivity contribution in [1.29, 1.82) is 0 Å². The van der Waals surface area contributed by atoms with Crippen molar-refractivity contribution in [3.8, 4) is 0 Å². The van der Waals surface area contributed by atoms with Crippen LogP contribution in [-0.4, -0.2) is 49.4 Å². The van der Waals surface area contributed by atoms with Gasteiger partial charge in [-0.25, -0.2) is 0 Å². The molecule has 29 heavy (non-hydrogen) atoms. The second-order valence-electron chi connectivity index (χ2n) is 7.98. The topological polar surface area (TPSA) is 23.6 Å². The maximum Gasteiger partial charge on any atom is 0.242 e. The average Bonchev–Trinajstić information content (AvgIpc) is 2.88. The van der Waals surface area contributed by atoms with E-state index in [1.54, 1.807) is 0 Å². The van der Waals surface area contributed by atoms with Gasteiger partial charge in [0.2, 0.25) is 5.91 Å². The molecule has 0 bridgehead atoms. The van der Waals surface area contributed by atoms with E-state index in [0.29, 0.717) is 0 Å². The van der Waals surface area contributed by atoms with Gasteiger partial charge < -0.3 is 9.80 Å². The summed E-state index contributed by atoms with van der Waals surface area (Å²) in [5.41, 5.74) is 3.58. The highest BCUT2D eigenvalue weighted by Crippen LogP contribution is 2.44. The summed E-state index contributed by atoms with van der Waals surface area (Å²) in [6.45, 7) is 2.31. The maximum atomic E-state index is 14.4.